The Bertz CT molecular complexity index is 166. The minimum atomic E-state index is -0.488. The standard InChI is InChI=1S/C8H14O5/c1-7(9)5-12-6-8(10)13-4-3-11-2/h3-6H2,1-2H3. The van der Waals surface area contributed by atoms with Crippen molar-refractivity contribution in [2.75, 3.05) is 33.5 Å². The van der Waals surface area contributed by atoms with Crippen molar-refractivity contribution in [1.29, 1.82) is 0 Å². The Balaban J connectivity index is 3.25. The first-order valence-corrected chi connectivity index (χ1v) is 3.88. The lowest BCUT2D eigenvalue weighted by molar-refractivity contribution is -0.150. The molecule has 0 saturated carbocycles. The molecule has 0 aliphatic carbocycles. The lowest BCUT2D eigenvalue weighted by Gasteiger charge is -2.03. The van der Waals surface area contributed by atoms with Crippen molar-refractivity contribution in [3.05, 3.63) is 0 Å². The molecule has 0 aromatic carbocycles. The molecule has 0 spiro atoms. The molecule has 0 amide bonds. The Morgan fingerprint density at radius 3 is 2.38 bits per heavy atom. The van der Waals surface area contributed by atoms with Crippen LogP contribution in [0.3, 0.4) is 0 Å². The number of Topliss-reactive ketones (excluding diaryl/α,β-unsaturated/α-hetero) is 1. The van der Waals surface area contributed by atoms with E-state index in [2.05, 4.69) is 9.47 Å². The average Bonchev–Trinajstić information content (AvgIpc) is 2.04. The van der Waals surface area contributed by atoms with Gasteiger partial charge in [0, 0.05) is 7.11 Å². The van der Waals surface area contributed by atoms with Crippen molar-refractivity contribution in [2.45, 2.75) is 6.92 Å². The summed E-state index contributed by atoms with van der Waals surface area (Å²) in [7, 11) is 1.51. The molecule has 0 heterocycles. The van der Waals surface area contributed by atoms with Crippen molar-refractivity contribution in [2.24, 2.45) is 0 Å². The molecule has 0 aromatic heterocycles. The summed E-state index contributed by atoms with van der Waals surface area (Å²) in [5.74, 6) is -0.608. The molecular weight excluding hydrogens is 176 g/mol. The van der Waals surface area contributed by atoms with Gasteiger partial charge >= 0.3 is 5.97 Å². The second kappa shape index (κ2) is 7.70. The molecule has 0 unspecified atom stereocenters. The van der Waals surface area contributed by atoms with Gasteiger partial charge in [0.15, 0.2) is 5.78 Å². The third-order valence-corrected chi connectivity index (χ3v) is 1.08. The van der Waals surface area contributed by atoms with Crippen LogP contribution in [0.5, 0.6) is 0 Å². The van der Waals surface area contributed by atoms with E-state index < -0.39 is 5.97 Å². The van der Waals surface area contributed by atoms with E-state index in [1.54, 1.807) is 0 Å². The molecule has 0 saturated heterocycles. The van der Waals surface area contributed by atoms with Gasteiger partial charge in [-0.15, -0.1) is 0 Å². The van der Waals surface area contributed by atoms with Gasteiger partial charge in [0.05, 0.1) is 6.61 Å². The summed E-state index contributed by atoms with van der Waals surface area (Å²) >= 11 is 0. The Labute approximate surface area is 77.0 Å². The SMILES string of the molecule is COCCOC(=O)COCC(C)=O. The Hall–Kier alpha value is -0.940. The topological polar surface area (TPSA) is 61.8 Å². The number of methoxy groups -OCH3 is 1. The maximum Gasteiger partial charge on any atom is 0.332 e. The molecule has 0 rings (SSSR count). The zero-order valence-corrected chi connectivity index (χ0v) is 7.87. The van der Waals surface area contributed by atoms with Crippen LogP contribution < -0.4 is 0 Å². The van der Waals surface area contributed by atoms with Crippen LogP contribution in [-0.4, -0.2) is 45.3 Å². The van der Waals surface area contributed by atoms with E-state index in [4.69, 9.17) is 4.74 Å². The molecule has 0 atom stereocenters. The summed E-state index contributed by atoms with van der Waals surface area (Å²) < 4.78 is 14.0. The van der Waals surface area contributed by atoms with E-state index in [1.807, 2.05) is 0 Å². The average molecular weight is 190 g/mol. The largest absolute Gasteiger partial charge is 0.462 e. The first-order chi connectivity index (χ1) is 6.16. The molecule has 0 aliphatic rings. The molecule has 0 bridgehead atoms. The van der Waals surface area contributed by atoms with Gasteiger partial charge < -0.3 is 14.2 Å². The van der Waals surface area contributed by atoms with Crippen LogP contribution in [0.15, 0.2) is 0 Å². The van der Waals surface area contributed by atoms with E-state index in [0.717, 1.165) is 0 Å². The normalized spacial score (nSPS) is 9.69. The van der Waals surface area contributed by atoms with E-state index >= 15 is 0 Å². The first kappa shape index (κ1) is 12.1. The summed E-state index contributed by atoms with van der Waals surface area (Å²) in [6.45, 7) is 1.70. The summed E-state index contributed by atoms with van der Waals surface area (Å²) in [6.07, 6.45) is 0. The van der Waals surface area contributed by atoms with Crippen LogP contribution in [0.2, 0.25) is 0 Å². The van der Waals surface area contributed by atoms with Crippen molar-refractivity contribution in [3.63, 3.8) is 0 Å². The van der Waals surface area contributed by atoms with Gasteiger partial charge in [0.1, 0.15) is 19.8 Å². The third-order valence-electron chi connectivity index (χ3n) is 1.08. The second-order valence-corrected chi connectivity index (χ2v) is 2.41. The van der Waals surface area contributed by atoms with E-state index in [-0.39, 0.29) is 25.6 Å². The first-order valence-electron chi connectivity index (χ1n) is 3.88. The molecule has 0 aromatic rings. The molecular formula is C8H14O5. The van der Waals surface area contributed by atoms with Gasteiger partial charge in [-0.2, -0.15) is 0 Å². The highest BCUT2D eigenvalue weighted by Gasteiger charge is 2.02. The van der Waals surface area contributed by atoms with Crippen molar-refractivity contribution in [3.8, 4) is 0 Å². The highest BCUT2D eigenvalue weighted by atomic mass is 16.6. The quantitative estimate of drug-likeness (QED) is 0.410. The molecule has 0 N–H and O–H groups in total. The zero-order chi connectivity index (χ0) is 10.1. The maximum absolute atomic E-state index is 10.8. The number of ether oxygens (including phenoxy) is 3. The third kappa shape index (κ3) is 8.97. The molecule has 0 aliphatic heterocycles. The minimum absolute atomic E-state index is 0.0562. The number of esters is 1. The lowest BCUT2D eigenvalue weighted by atomic mass is 10.5. The summed E-state index contributed by atoms with van der Waals surface area (Å²) in [5.41, 5.74) is 0. The summed E-state index contributed by atoms with van der Waals surface area (Å²) in [4.78, 5) is 21.2. The van der Waals surface area contributed by atoms with Gasteiger partial charge in [-0.1, -0.05) is 0 Å². The van der Waals surface area contributed by atoms with Crippen molar-refractivity contribution < 1.29 is 23.8 Å². The molecule has 0 radical (unpaired) electrons. The van der Waals surface area contributed by atoms with Crippen LogP contribution >= 0.6 is 0 Å². The fraction of sp³-hybridized carbons (Fsp3) is 0.750. The van der Waals surface area contributed by atoms with Gasteiger partial charge in [-0.25, -0.2) is 4.79 Å². The maximum atomic E-state index is 10.8. The summed E-state index contributed by atoms with van der Waals surface area (Å²) in [5, 5.41) is 0. The molecule has 5 nitrogen and oxygen atoms in total. The van der Waals surface area contributed by atoms with Crippen molar-refractivity contribution in [1.82, 2.24) is 0 Å². The Morgan fingerprint density at radius 1 is 1.15 bits per heavy atom. The van der Waals surface area contributed by atoms with Crippen LogP contribution in [-0.2, 0) is 23.8 Å². The van der Waals surface area contributed by atoms with E-state index in [1.165, 1.54) is 14.0 Å². The Kier molecular flexibility index (Phi) is 7.14. The van der Waals surface area contributed by atoms with Crippen molar-refractivity contribution >= 4 is 11.8 Å². The molecule has 76 valence electrons. The van der Waals surface area contributed by atoms with Gasteiger partial charge in [0.2, 0.25) is 0 Å². The highest BCUT2D eigenvalue weighted by molar-refractivity contribution is 5.77. The number of rotatable bonds is 7. The fourth-order valence-electron chi connectivity index (χ4n) is 0.559. The fourth-order valence-corrected chi connectivity index (χ4v) is 0.559. The number of carbonyl (C=O) groups excluding carboxylic acids is 2. The number of hydrogen-bond donors (Lipinski definition) is 0. The minimum Gasteiger partial charge on any atom is -0.462 e. The number of ketones is 1. The van der Waals surface area contributed by atoms with Gasteiger partial charge in [-0.05, 0) is 6.92 Å². The second-order valence-electron chi connectivity index (χ2n) is 2.41. The van der Waals surface area contributed by atoms with Gasteiger partial charge in [0.25, 0.3) is 0 Å². The summed E-state index contributed by atoms with van der Waals surface area (Å²) in [6, 6.07) is 0. The Morgan fingerprint density at radius 2 is 1.85 bits per heavy atom. The predicted molar refractivity (Wildman–Crippen MR) is 44.3 cm³/mol. The van der Waals surface area contributed by atoms with Crippen LogP contribution in [0.25, 0.3) is 0 Å². The molecule has 5 heteroatoms. The van der Waals surface area contributed by atoms with Crippen LogP contribution in [0, 0.1) is 0 Å². The molecule has 0 fully saturated rings. The van der Waals surface area contributed by atoms with Crippen LogP contribution in [0.1, 0.15) is 6.92 Å². The number of carbonyl (C=O) groups is 2. The van der Waals surface area contributed by atoms with E-state index in [0.29, 0.717) is 6.61 Å². The number of hydrogen-bond acceptors (Lipinski definition) is 5. The van der Waals surface area contributed by atoms with Gasteiger partial charge in [-0.3, -0.25) is 4.79 Å². The smallest absolute Gasteiger partial charge is 0.332 e. The van der Waals surface area contributed by atoms with Crippen LogP contribution in [0.4, 0.5) is 0 Å². The highest BCUT2D eigenvalue weighted by Crippen LogP contribution is 1.83. The predicted octanol–water partition coefficient (Wildman–Crippen LogP) is -0.218. The lowest BCUT2D eigenvalue weighted by Crippen LogP contribution is -2.17. The molecule has 13 heavy (non-hydrogen) atoms. The van der Waals surface area contributed by atoms with E-state index in [9.17, 15) is 9.59 Å². The monoisotopic (exact) mass is 190 g/mol. The zero-order valence-electron chi connectivity index (χ0n) is 7.87.